The molecule has 0 aromatic heterocycles. The Hall–Kier alpha value is -2.12. The Morgan fingerprint density at radius 1 is 1.21 bits per heavy atom. The Labute approximate surface area is 188 Å². The lowest BCUT2D eigenvalue weighted by Crippen LogP contribution is -2.25. The van der Waals surface area contributed by atoms with Crippen LogP contribution in [0.15, 0.2) is 57.0 Å². The van der Waals surface area contributed by atoms with Gasteiger partial charge in [-0.1, -0.05) is 58.4 Å². The fourth-order valence-corrected chi connectivity index (χ4v) is 3.24. The first-order valence-corrected chi connectivity index (χ1v) is 10.7. The standard InChI is InChI=1S/C22H24Br2N2O3/c1-5-8-28-20-7-6-17(23)10-16(20)12-25-26-22(27)13-29-21-9-15(4)19(24)11-18(21)14(2)3/h5-7,9-12,14H,1,8,13H2,2-4H3,(H,26,27). The number of rotatable bonds is 9. The van der Waals surface area contributed by atoms with Gasteiger partial charge in [0.25, 0.3) is 5.91 Å². The second-order valence-corrected chi connectivity index (χ2v) is 8.43. The van der Waals surface area contributed by atoms with E-state index in [1.54, 1.807) is 6.08 Å². The van der Waals surface area contributed by atoms with Gasteiger partial charge in [-0.2, -0.15) is 5.10 Å². The number of hydrogen-bond acceptors (Lipinski definition) is 4. The molecule has 154 valence electrons. The SMILES string of the molecule is C=CCOc1ccc(Br)cc1C=NNC(=O)COc1cc(C)c(Br)cc1C(C)C. The molecule has 1 N–H and O–H groups in total. The highest BCUT2D eigenvalue weighted by Crippen LogP contribution is 2.32. The summed E-state index contributed by atoms with van der Waals surface area (Å²) in [6, 6.07) is 9.51. The van der Waals surface area contributed by atoms with Crippen LogP contribution in [0.5, 0.6) is 11.5 Å². The molecule has 2 rings (SSSR count). The van der Waals surface area contributed by atoms with Gasteiger partial charge in [-0.25, -0.2) is 5.43 Å². The molecular weight excluding hydrogens is 500 g/mol. The maximum Gasteiger partial charge on any atom is 0.277 e. The number of halogens is 2. The molecule has 5 nitrogen and oxygen atoms in total. The number of ether oxygens (including phenoxy) is 2. The first-order chi connectivity index (χ1) is 13.8. The normalized spacial score (nSPS) is 11.0. The number of benzene rings is 2. The molecule has 29 heavy (non-hydrogen) atoms. The van der Waals surface area contributed by atoms with E-state index in [2.05, 4.69) is 62.8 Å². The van der Waals surface area contributed by atoms with Gasteiger partial charge in [0.05, 0.1) is 6.21 Å². The van der Waals surface area contributed by atoms with Gasteiger partial charge in [0.1, 0.15) is 18.1 Å². The molecule has 7 heteroatoms. The average molecular weight is 524 g/mol. The molecule has 0 aliphatic heterocycles. The lowest BCUT2D eigenvalue weighted by atomic mass is 10.0. The molecule has 0 fully saturated rings. The maximum atomic E-state index is 12.2. The van der Waals surface area contributed by atoms with E-state index in [1.807, 2.05) is 37.3 Å². The monoisotopic (exact) mass is 522 g/mol. The Morgan fingerprint density at radius 3 is 2.66 bits per heavy atom. The summed E-state index contributed by atoms with van der Waals surface area (Å²) in [5.74, 6) is 1.27. The van der Waals surface area contributed by atoms with Gasteiger partial charge in [-0.3, -0.25) is 4.79 Å². The largest absolute Gasteiger partial charge is 0.489 e. The molecule has 0 unspecified atom stereocenters. The third-order valence-electron chi connectivity index (χ3n) is 3.99. The molecule has 0 radical (unpaired) electrons. The van der Waals surface area contributed by atoms with Gasteiger partial charge < -0.3 is 9.47 Å². The van der Waals surface area contributed by atoms with Crippen molar-refractivity contribution >= 4 is 44.0 Å². The zero-order valence-electron chi connectivity index (χ0n) is 16.7. The fraction of sp³-hybridized carbons (Fsp3) is 0.273. The summed E-state index contributed by atoms with van der Waals surface area (Å²) in [6.45, 7) is 10.0. The van der Waals surface area contributed by atoms with Crippen LogP contribution in [0.3, 0.4) is 0 Å². The highest BCUT2D eigenvalue weighted by molar-refractivity contribution is 9.10. The van der Waals surface area contributed by atoms with Crippen molar-refractivity contribution in [2.75, 3.05) is 13.2 Å². The van der Waals surface area contributed by atoms with E-state index in [9.17, 15) is 4.79 Å². The van der Waals surface area contributed by atoms with Crippen LogP contribution in [0.25, 0.3) is 0 Å². The number of aryl methyl sites for hydroxylation is 1. The maximum absolute atomic E-state index is 12.2. The van der Waals surface area contributed by atoms with Crippen molar-refractivity contribution in [2.45, 2.75) is 26.7 Å². The summed E-state index contributed by atoms with van der Waals surface area (Å²) in [4.78, 5) is 12.2. The van der Waals surface area contributed by atoms with E-state index in [1.165, 1.54) is 6.21 Å². The molecule has 0 spiro atoms. The van der Waals surface area contributed by atoms with E-state index in [-0.39, 0.29) is 18.4 Å². The van der Waals surface area contributed by atoms with Crippen molar-refractivity contribution in [1.82, 2.24) is 5.43 Å². The molecule has 0 aliphatic carbocycles. The summed E-state index contributed by atoms with van der Waals surface area (Å²) in [5, 5.41) is 4.01. The fourth-order valence-electron chi connectivity index (χ4n) is 2.50. The molecule has 0 atom stereocenters. The van der Waals surface area contributed by atoms with E-state index in [4.69, 9.17) is 9.47 Å². The highest BCUT2D eigenvalue weighted by atomic mass is 79.9. The topological polar surface area (TPSA) is 59.9 Å². The van der Waals surface area contributed by atoms with Crippen molar-refractivity contribution in [1.29, 1.82) is 0 Å². The Bertz CT molecular complexity index is 911. The zero-order chi connectivity index (χ0) is 21.4. The lowest BCUT2D eigenvalue weighted by molar-refractivity contribution is -0.123. The van der Waals surface area contributed by atoms with Crippen LogP contribution in [0.4, 0.5) is 0 Å². The third-order valence-corrected chi connectivity index (χ3v) is 5.34. The number of hydrogen-bond donors (Lipinski definition) is 1. The van der Waals surface area contributed by atoms with Crippen LogP contribution >= 0.6 is 31.9 Å². The van der Waals surface area contributed by atoms with Crippen molar-refractivity contribution in [3.63, 3.8) is 0 Å². The van der Waals surface area contributed by atoms with Crippen LogP contribution in [0, 0.1) is 6.92 Å². The Morgan fingerprint density at radius 2 is 1.97 bits per heavy atom. The van der Waals surface area contributed by atoms with Gasteiger partial charge in [-0.15, -0.1) is 0 Å². The molecule has 2 aromatic rings. The first kappa shape index (κ1) is 23.2. The molecule has 0 aliphatic rings. The van der Waals surface area contributed by atoms with Crippen molar-refractivity contribution < 1.29 is 14.3 Å². The molecule has 0 bridgehead atoms. The van der Waals surface area contributed by atoms with Crippen LogP contribution in [0.1, 0.15) is 36.5 Å². The predicted molar refractivity (Wildman–Crippen MR) is 124 cm³/mol. The van der Waals surface area contributed by atoms with Gasteiger partial charge >= 0.3 is 0 Å². The number of nitrogens with zero attached hydrogens (tertiary/aromatic N) is 1. The van der Waals surface area contributed by atoms with Gasteiger partial charge in [0.15, 0.2) is 6.61 Å². The van der Waals surface area contributed by atoms with Crippen molar-refractivity contribution in [2.24, 2.45) is 5.10 Å². The van der Waals surface area contributed by atoms with Crippen molar-refractivity contribution in [3.05, 3.63) is 68.6 Å². The number of nitrogens with one attached hydrogen (secondary N) is 1. The number of carbonyl (C=O) groups is 1. The van der Waals surface area contributed by atoms with E-state index >= 15 is 0 Å². The van der Waals surface area contributed by atoms with Gasteiger partial charge in [0.2, 0.25) is 0 Å². The van der Waals surface area contributed by atoms with Crippen molar-refractivity contribution in [3.8, 4) is 11.5 Å². The summed E-state index contributed by atoms with van der Waals surface area (Å²) in [7, 11) is 0. The predicted octanol–water partition coefficient (Wildman–Crippen LogP) is 5.74. The van der Waals surface area contributed by atoms with Crippen LogP contribution < -0.4 is 14.9 Å². The van der Waals surface area contributed by atoms with E-state index < -0.39 is 0 Å². The minimum absolute atomic E-state index is 0.129. The van der Waals surface area contributed by atoms with Crippen LogP contribution in [0.2, 0.25) is 0 Å². The van der Waals surface area contributed by atoms with Crippen LogP contribution in [-0.2, 0) is 4.79 Å². The molecule has 0 saturated heterocycles. The zero-order valence-corrected chi connectivity index (χ0v) is 19.8. The average Bonchev–Trinajstić information content (AvgIpc) is 2.67. The minimum atomic E-state index is -0.347. The lowest BCUT2D eigenvalue weighted by Gasteiger charge is -2.15. The quantitative estimate of drug-likeness (QED) is 0.259. The number of amides is 1. The summed E-state index contributed by atoms with van der Waals surface area (Å²) < 4.78 is 13.2. The van der Waals surface area contributed by atoms with E-state index in [0.29, 0.717) is 18.1 Å². The highest BCUT2D eigenvalue weighted by Gasteiger charge is 2.12. The van der Waals surface area contributed by atoms with Gasteiger partial charge in [-0.05, 0) is 54.3 Å². The number of hydrazone groups is 1. The molecule has 1 amide bonds. The smallest absolute Gasteiger partial charge is 0.277 e. The molecular formula is C22H24Br2N2O3. The van der Waals surface area contributed by atoms with E-state index in [0.717, 1.165) is 25.6 Å². The Kier molecular flexibility index (Phi) is 8.92. The summed E-state index contributed by atoms with van der Waals surface area (Å²) in [5.41, 5.74) is 5.30. The second-order valence-electron chi connectivity index (χ2n) is 6.66. The third kappa shape index (κ3) is 7.01. The minimum Gasteiger partial charge on any atom is -0.489 e. The van der Waals surface area contributed by atoms with Crippen LogP contribution in [-0.4, -0.2) is 25.3 Å². The molecule has 0 saturated carbocycles. The molecule has 2 aromatic carbocycles. The van der Waals surface area contributed by atoms with Gasteiger partial charge in [0, 0.05) is 14.5 Å². The molecule has 0 heterocycles. The first-order valence-electron chi connectivity index (χ1n) is 9.09. The summed E-state index contributed by atoms with van der Waals surface area (Å²) in [6.07, 6.45) is 3.20. The Balaban J connectivity index is 2.00. The second kappa shape index (κ2) is 11.2. The summed E-state index contributed by atoms with van der Waals surface area (Å²) >= 11 is 6.96. The number of carbonyl (C=O) groups excluding carboxylic acids is 1.